The third-order valence-electron chi connectivity index (χ3n) is 4.60. The molecule has 1 aromatic rings. The summed E-state index contributed by atoms with van der Waals surface area (Å²) < 4.78 is 5.55. The van der Waals surface area contributed by atoms with Crippen LogP contribution in [0.1, 0.15) is 26.3 Å². The van der Waals surface area contributed by atoms with E-state index in [2.05, 4.69) is 0 Å². The zero-order valence-corrected chi connectivity index (χ0v) is 12.6. The lowest BCUT2D eigenvalue weighted by Crippen LogP contribution is -2.35. The minimum Gasteiger partial charge on any atom is -0.494 e. The number of rotatable bonds is 4. The van der Waals surface area contributed by atoms with Gasteiger partial charge >= 0.3 is 0 Å². The number of amides is 2. The third-order valence-corrected chi connectivity index (χ3v) is 4.60. The number of nitrogens with zero attached hydrogens (tertiary/aromatic N) is 1. The molecule has 2 unspecified atom stereocenters. The molecule has 5 nitrogen and oxygen atoms in total. The molecule has 0 radical (unpaired) electrons. The lowest BCUT2D eigenvalue weighted by Gasteiger charge is -2.22. The van der Waals surface area contributed by atoms with Crippen LogP contribution in [0.25, 0.3) is 0 Å². The summed E-state index contributed by atoms with van der Waals surface area (Å²) in [5, 5.41) is 0. The van der Waals surface area contributed by atoms with Gasteiger partial charge < -0.3 is 10.5 Å². The molecule has 3 rings (SSSR count). The molecular formula is C16H20N2O3. The monoisotopic (exact) mass is 288 g/mol. The number of ether oxygens (including phenoxy) is 1. The van der Waals surface area contributed by atoms with Crippen LogP contribution in [0.2, 0.25) is 0 Å². The highest BCUT2D eigenvalue weighted by Gasteiger charge is 2.72. The van der Waals surface area contributed by atoms with Crippen molar-refractivity contribution in [2.24, 2.45) is 17.3 Å². The summed E-state index contributed by atoms with van der Waals surface area (Å²) in [6, 6.07) is 5.30. The Morgan fingerprint density at radius 3 is 2.43 bits per heavy atom. The van der Waals surface area contributed by atoms with Gasteiger partial charge in [0.1, 0.15) is 5.75 Å². The maximum atomic E-state index is 12.4. The highest BCUT2D eigenvalue weighted by atomic mass is 16.5. The predicted molar refractivity (Wildman–Crippen MR) is 78.3 cm³/mol. The van der Waals surface area contributed by atoms with Crippen LogP contribution in [0.15, 0.2) is 18.2 Å². The van der Waals surface area contributed by atoms with Crippen LogP contribution < -0.4 is 10.5 Å². The molecule has 2 atom stereocenters. The fraction of sp³-hybridized carbons (Fsp3) is 0.500. The number of anilines is 1. The first kappa shape index (κ1) is 13.9. The second kappa shape index (κ2) is 4.48. The Labute approximate surface area is 124 Å². The molecule has 1 heterocycles. The molecule has 5 heteroatoms. The zero-order chi connectivity index (χ0) is 15.4. The molecule has 1 aromatic carbocycles. The van der Waals surface area contributed by atoms with E-state index >= 15 is 0 Å². The predicted octanol–water partition coefficient (Wildman–Crippen LogP) is 1.81. The molecule has 0 aromatic heterocycles. The number of piperidine rings is 1. The molecule has 112 valence electrons. The van der Waals surface area contributed by atoms with Gasteiger partial charge in [-0.2, -0.15) is 0 Å². The van der Waals surface area contributed by atoms with E-state index in [9.17, 15) is 9.59 Å². The van der Waals surface area contributed by atoms with Crippen LogP contribution in [0, 0.1) is 17.3 Å². The van der Waals surface area contributed by atoms with Crippen LogP contribution in [0.5, 0.6) is 5.75 Å². The van der Waals surface area contributed by atoms with E-state index in [-0.39, 0.29) is 35.6 Å². The fourth-order valence-electron chi connectivity index (χ4n) is 3.35. The van der Waals surface area contributed by atoms with Gasteiger partial charge in [0, 0.05) is 11.3 Å². The van der Waals surface area contributed by atoms with Crippen LogP contribution in [0.3, 0.4) is 0 Å². The largest absolute Gasteiger partial charge is 0.494 e. The quantitative estimate of drug-likeness (QED) is 0.677. The first-order valence-electron chi connectivity index (χ1n) is 7.24. The molecule has 2 N–H and O–H groups in total. The minimum atomic E-state index is -0.177. The SMILES string of the molecule is CCOc1ccc(N)cc1CN1C(=O)C2C(C1=O)C2(C)C. The van der Waals surface area contributed by atoms with Gasteiger partial charge in [-0.25, -0.2) is 0 Å². The Balaban J connectivity index is 1.84. The summed E-state index contributed by atoms with van der Waals surface area (Å²) in [5.41, 5.74) is 7.00. The summed E-state index contributed by atoms with van der Waals surface area (Å²) in [6.45, 7) is 6.60. The molecular weight excluding hydrogens is 268 g/mol. The summed E-state index contributed by atoms with van der Waals surface area (Å²) in [4.78, 5) is 26.1. The third kappa shape index (κ3) is 1.99. The smallest absolute Gasteiger partial charge is 0.233 e. The molecule has 21 heavy (non-hydrogen) atoms. The number of imide groups is 1. The van der Waals surface area contributed by atoms with E-state index < -0.39 is 0 Å². The van der Waals surface area contributed by atoms with Crippen LogP contribution in [-0.2, 0) is 16.1 Å². The second-order valence-electron chi connectivity index (χ2n) is 6.34. The number of hydrogen-bond donors (Lipinski definition) is 1. The van der Waals surface area contributed by atoms with Crippen LogP contribution in [0.4, 0.5) is 5.69 Å². The van der Waals surface area contributed by atoms with Gasteiger partial charge in [0.2, 0.25) is 11.8 Å². The second-order valence-corrected chi connectivity index (χ2v) is 6.34. The van der Waals surface area contributed by atoms with Gasteiger partial charge in [-0.15, -0.1) is 0 Å². The molecule has 1 aliphatic heterocycles. The molecule has 1 saturated carbocycles. The van der Waals surface area contributed by atoms with Gasteiger partial charge in [0.05, 0.1) is 25.0 Å². The molecule has 2 amide bonds. The topological polar surface area (TPSA) is 72.6 Å². The van der Waals surface area contributed by atoms with E-state index in [1.165, 1.54) is 4.90 Å². The minimum absolute atomic E-state index is 0.0696. The Morgan fingerprint density at radius 2 is 1.86 bits per heavy atom. The van der Waals surface area contributed by atoms with Gasteiger partial charge in [-0.3, -0.25) is 14.5 Å². The standard InChI is InChI=1S/C16H20N2O3/c1-4-21-11-6-5-10(17)7-9(11)8-18-14(19)12-13(15(18)20)16(12,2)3/h5-7,12-13H,4,8,17H2,1-3H3. The van der Waals surface area contributed by atoms with Gasteiger partial charge in [-0.05, 0) is 30.5 Å². The lowest BCUT2D eigenvalue weighted by atomic mass is 10.0. The molecule has 2 aliphatic rings. The van der Waals surface area contributed by atoms with E-state index in [0.717, 1.165) is 5.56 Å². The van der Waals surface area contributed by atoms with Crippen LogP contribution >= 0.6 is 0 Å². The van der Waals surface area contributed by atoms with Crippen LogP contribution in [-0.4, -0.2) is 23.3 Å². The average molecular weight is 288 g/mol. The number of nitrogens with two attached hydrogens (primary N) is 1. The highest BCUT2D eigenvalue weighted by molar-refractivity contribution is 6.10. The summed E-state index contributed by atoms with van der Waals surface area (Å²) in [7, 11) is 0. The number of hydrogen-bond acceptors (Lipinski definition) is 4. The van der Waals surface area contributed by atoms with Crippen molar-refractivity contribution >= 4 is 17.5 Å². The highest BCUT2D eigenvalue weighted by Crippen LogP contribution is 2.63. The molecule has 1 aliphatic carbocycles. The lowest BCUT2D eigenvalue weighted by molar-refractivity contribution is -0.143. The van der Waals surface area contributed by atoms with Crippen molar-refractivity contribution < 1.29 is 14.3 Å². The maximum absolute atomic E-state index is 12.4. The van der Waals surface area contributed by atoms with E-state index in [0.29, 0.717) is 18.0 Å². The van der Waals surface area contributed by atoms with Gasteiger partial charge in [0.15, 0.2) is 0 Å². The molecule has 2 fully saturated rings. The number of likely N-dealkylation sites (tertiary alicyclic amines) is 1. The average Bonchev–Trinajstić information content (AvgIpc) is 2.89. The van der Waals surface area contributed by atoms with Crippen molar-refractivity contribution in [3.05, 3.63) is 23.8 Å². The van der Waals surface area contributed by atoms with Crippen molar-refractivity contribution in [1.29, 1.82) is 0 Å². The van der Waals surface area contributed by atoms with Gasteiger partial charge in [-0.1, -0.05) is 13.8 Å². The fourth-order valence-corrected chi connectivity index (χ4v) is 3.35. The van der Waals surface area contributed by atoms with Gasteiger partial charge in [0.25, 0.3) is 0 Å². The van der Waals surface area contributed by atoms with Crippen molar-refractivity contribution in [1.82, 2.24) is 4.90 Å². The normalized spacial score (nSPS) is 26.0. The Kier molecular flexibility index (Phi) is 2.97. The Morgan fingerprint density at radius 1 is 1.24 bits per heavy atom. The maximum Gasteiger partial charge on any atom is 0.233 e. The zero-order valence-electron chi connectivity index (χ0n) is 12.6. The number of carbonyl (C=O) groups excluding carboxylic acids is 2. The van der Waals surface area contributed by atoms with Crippen molar-refractivity contribution in [2.75, 3.05) is 12.3 Å². The van der Waals surface area contributed by atoms with Crippen molar-refractivity contribution in [2.45, 2.75) is 27.3 Å². The Bertz CT molecular complexity index is 600. The molecule has 0 spiro atoms. The number of nitrogen functional groups attached to an aromatic ring is 1. The summed E-state index contributed by atoms with van der Waals surface area (Å²) >= 11 is 0. The van der Waals surface area contributed by atoms with E-state index in [4.69, 9.17) is 10.5 Å². The number of benzene rings is 1. The van der Waals surface area contributed by atoms with E-state index in [1.54, 1.807) is 18.2 Å². The first-order valence-corrected chi connectivity index (χ1v) is 7.24. The van der Waals surface area contributed by atoms with Crippen molar-refractivity contribution in [3.8, 4) is 5.75 Å². The summed E-state index contributed by atoms with van der Waals surface area (Å²) in [6.07, 6.45) is 0. The van der Waals surface area contributed by atoms with Crippen molar-refractivity contribution in [3.63, 3.8) is 0 Å². The number of carbonyl (C=O) groups is 2. The Hall–Kier alpha value is -2.04. The first-order chi connectivity index (χ1) is 9.87. The van der Waals surface area contributed by atoms with E-state index in [1.807, 2.05) is 20.8 Å². The molecule has 1 saturated heterocycles. The summed E-state index contributed by atoms with van der Waals surface area (Å²) in [5.74, 6) is 0.232. The number of fused-ring (bicyclic) bond motifs is 1. The molecule has 0 bridgehead atoms.